The first-order valence-electron chi connectivity index (χ1n) is 5.92. The number of nitrogens with zero attached hydrogens (tertiary/aromatic N) is 1. The van der Waals surface area contributed by atoms with Gasteiger partial charge < -0.3 is 20.4 Å². The molecule has 0 saturated carbocycles. The Kier molecular flexibility index (Phi) is 4.43. The first-order valence-corrected chi connectivity index (χ1v) is 6.72. The molecule has 2 amide bonds. The summed E-state index contributed by atoms with van der Waals surface area (Å²) in [6.45, 7) is -0.174. The van der Waals surface area contributed by atoms with Gasteiger partial charge >= 0.3 is 12.0 Å². The Morgan fingerprint density at radius 2 is 2.00 bits per heavy atom. The van der Waals surface area contributed by atoms with Crippen LogP contribution in [0.1, 0.15) is 6.42 Å². The molecule has 21 heavy (non-hydrogen) atoms. The largest absolute Gasteiger partial charge is 0.480 e. The Morgan fingerprint density at radius 1 is 1.33 bits per heavy atom. The normalized spacial score (nSPS) is 21.4. The van der Waals surface area contributed by atoms with Crippen molar-refractivity contribution >= 4 is 33.6 Å². The molecule has 0 aromatic heterocycles. The summed E-state index contributed by atoms with van der Waals surface area (Å²) in [4.78, 5) is 23.9. The molecule has 0 aliphatic carbocycles. The van der Waals surface area contributed by atoms with E-state index >= 15 is 0 Å². The number of anilines is 1. The molecule has 2 atom stereocenters. The molecule has 1 aromatic rings. The number of carboxylic acid groups (broad SMARTS) is 1. The lowest BCUT2D eigenvalue weighted by molar-refractivity contribution is -0.141. The molecule has 6 nitrogen and oxygen atoms in total. The Hall–Kier alpha value is -1.74. The highest BCUT2D eigenvalue weighted by Crippen LogP contribution is 2.25. The first kappa shape index (κ1) is 15.6. The molecule has 1 aliphatic heterocycles. The van der Waals surface area contributed by atoms with Crippen LogP contribution in [0.25, 0.3) is 0 Å². The van der Waals surface area contributed by atoms with Crippen molar-refractivity contribution in [1.29, 1.82) is 0 Å². The van der Waals surface area contributed by atoms with Gasteiger partial charge in [-0.3, -0.25) is 0 Å². The lowest BCUT2D eigenvalue weighted by Gasteiger charge is -2.21. The van der Waals surface area contributed by atoms with Crippen LogP contribution in [-0.4, -0.2) is 45.8 Å². The molecule has 2 rings (SSSR count). The van der Waals surface area contributed by atoms with Gasteiger partial charge in [0.05, 0.1) is 16.3 Å². The van der Waals surface area contributed by atoms with Crippen LogP contribution in [0.15, 0.2) is 16.6 Å². The minimum Gasteiger partial charge on any atom is -0.480 e. The molecule has 1 fully saturated rings. The molecular formula is C12H11BrF2N2O4. The maximum absolute atomic E-state index is 13.6. The summed E-state index contributed by atoms with van der Waals surface area (Å²) in [6.07, 6.45) is -1.06. The third-order valence-electron chi connectivity index (χ3n) is 3.08. The Balaban J connectivity index is 2.18. The van der Waals surface area contributed by atoms with Crippen molar-refractivity contribution in [2.75, 3.05) is 11.9 Å². The van der Waals surface area contributed by atoms with Crippen LogP contribution in [0, 0.1) is 11.6 Å². The van der Waals surface area contributed by atoms with Gasteiger partial charge in [0.15, 0.2) is 0 Å². The zero-order valence-corrected chi connectivity index (χ0v) is 12.1. The number of carbonyl (C=O) groups is 2. The van der Waals surface area contributed by atoms with Crippen LogP contribution in [0.5, 0.6) is 0 Å². The van der Waals surface area contributed by atoms with E-state index in [2.05, 4.69) is 21.2 Å². The second-order valence-corrected chi connectivity index (χ2v) is 5.43. The number of carbonyl (C=O) groups excluding carboxylic acids is 1. The lowest BCUT2D eigenvalue weighted by Crippen LogP contribution is -2.43. The van der Waals surface area contributed by atoms with Crippen molar-refractivity contribution < 1.29 is 28.6 Å². The van der Waals surface area contributed by atoms with Crippen molar-refractivity contribution in [2.24, 2.45) is 0 Å². The number of carboxylic acids is 1. The number of hydrogen-bond acceptors (Lipinski definition) is 3. The molecule has 3 N–H and O–H groups in total. The summed E-state index contributed by atoms with van der Waals surface area (Å²) in [6, 6.07) is -0.443. The van der Waals surface area contributed by atoms with Gasteiger partial charge in [0.1, 0.15) is 17.7 Å². The van der Waals surface area contributed by atoms with Gasteiger partial charge in [0, 0.05) is 19.0 Å². The minimum absolute atomic E-state index is 0.0459. The van der Waals surface area contributed by atoms with Gasteiger partial charge in [-0.25, -0.2) is 18.4 Å². The summed E-state index contributed by atoms with van der Waals surface area (Å²) in [7, 11) is 0. The number of nitrogens with one attached hydrogen (secondary N) is 1. The topological polar surface area (TPSA) is 89.9 Å². The van der Waals surface area contributed by atoms with Crippen LogP contribution >= 0.6 is 15.9 Å². The van der Waals surface area contributed by atoms with E-state index in [1.807, 2.05) is 0 Å². The van der Waals surface area contributed by atoms with E-state index in [9.17, 15) is 23.5 Å². The monoisotopic (exact) mass is 364 g/mol. The molecule has 9 heteroatoms. The standard InChI is InChI=1S/C12H11BrF2N2O4/c13-6-2-9(8(15)3-7(6)14)16-12(21)17-4-5(18)1-10(17)11(19)20/h2-3,5,10,18H,1,4H2,(H,16,21)(H,19,20)/t5-,10-/m0/s1. The molecule has 0 radical (unpaired) electrons. The predicted molar refractivity (Wildman–Crippen MR) is 71.8 cm³/mol. The van der Waals surface area contributed by atoms with Crippen LogP contribution < -0.4 is 5.32 Å². The quantitative estimate of drug-likeness (QED) is 0.697. The van der Waals surface area contributed by atoms with Crippen LogP contribution in [0.2, 0.25) is 0 Å². The fraction of sp³-hybridized carbons (Fsp3) is 0.333. The Bertz CT molecular complexity index is 599. The van der Waals surface area contributed by atoms with E-state index in [1.54, 1.807) is 0 Å². The van der Waals surface area contributed by atoms with E-state index in [1.165, 1.54) is 0 Å². The number of benzene rings is 1. The van der Waals surface area contributed by atoms with Crippen LogP contribution in [-0.2, 0) is 4.79 Å². The van der Waals surface area contributed by atoms with Crippen molar-refractivity contribution in [3.8, 4) is 0 Å². The highest BCUT2D eigenvalue weighted by atomic mass is 79.9. The zero-order valence-electron chi connectivity index (χ0n) is 10.5. The molecule has 114 valence electrons. The van der Waals surface area contributed by atoms with Crippen molar-refractivity contribution in [3.05, 3.63) is 28.2 Å². The summed E-state index contributed by atoms with van der Waals surface area (Å²) in [5.41, 5.74) is -0.293. The number of halogens is 3. The van der Waals surface area contributed by atoms with Gasteiger partial charge in [-0.05, 0) is 22.0 Å². The Morgan fingerprint density at radius 3 is 2.62 bits per heavy atom. The van der Waals surface area contributed by atoms with E-state index < -0.39 is 35.8 Å². The molecule has 1 aromatic carbocycles. The number of amides is 2. The molecule has 1 saturated heterocycles. The molecule has 1 aliphatic rings. The molecule has 1 heterocycles. The fourth-order valence-electron chi connectivity index (χ4n) is 2.08. The van der Waals surface area contributed by atoms with Gasteiger partial charge in [-0.2, -0.15) is 0 Å². The number of aliphatic carboxylic acids is 1. The fourth-order valence-corrected chi connectivity index (χ4v) is 2.42. The van der Waals surface area contributed by atoms with Crippen LogP contribution in [0.3, 0.4) is 0 Å². The lowest BCUT2D eigenvalue weighted by atomic mass is 10.2. The van der Waals surface area contributed by atoms with E-state index in [0.717, 1.165) is 11.0 Å². The van der Waals surface area contributed by atoms with Crippen molar-refractivity contribution in [1.82, 2.24) is 4.90 Å². The van der Waals surface area contributed by atoms with E-state index in [4.69, 9.17) is 5.11 Å². The SMILES string of the molecule is O=C(O)[C@@H]1C[C@H](O)CN1C(=O)Nc1cc(Br)c(F)cc1F. The second-order valence-electron chi connectivity index (χ2n) is 4.57. The minimum atomic E-state index is -1.26. The summed E-state index contributed by atoms with van der Waals surface area (Å²) >= 11 is 2.86. The summed E-state index contributed by atoms with van der Waals surface area (Å²) in [5, 5.41) is 20.6. The van der Waals surface area contributed by atoms with E-state index in [0.29, 0.717) is 6.07 Å². The summed E-state index contributed by atoms with van der Waals surface area (Å²) < 4.78 is 26.6. The van der Waals surface area contributed by atoms with Crippen LogP contribution in [0.4, 0.5) is 19.3 Å². The van der Waals surface area contributed by atoms with Gasteiger partial charge in [-0.1, -0.05) is 0 Å². The van der Waals surface area contributed by atoms with Gasteiger partial charge in [-0.15, -0.1) is 0 Å². The number of rotatable bonds is 2. The smallest absolute Gasteiger partial charge is 0.326 e. The van der Waals surface area contributed by atoms with Crippen molar-refractivity contribution in [2.45, 2.75) is 18.6 Å². The third kappa shape index (κ3) is 3.30. The number of urea groups is 1. The zero-order chi connectivity index (χ0) is 15.7. The van der Waals surface area contributed by atoms with Gasteiger partial charge in [0.25, 0.3) is 0 Å². The maximum atomic E-state index is 13.6. The number of hydrogen-bond donors (Lipinski definition) is 3. The third-order valence-corrected chi connectivity index (χ3v) is 3.68. The number of likely N-dealkylation sites (tertiary alicyclic amines) is 1. The predicted octanol–water partition coefficient (Wildman–Crippen LogP) is 1.78. The number of β-amino-alcohol motifs (C(OH)–C–C–N with tert-alkyl or cyclic N) is 1. The molecule has 0 unspecified atom stereocenters. The first-order chi connectivity index (χ1) is 9.79. The molecule has 0 bridgehead atoms. The molecular weight excluding hydrogens is 354 g/mol. The highest BCUT2D eigenvalue weighted by Gasteiger charge is 2.39. The Labute approximate surface area is 126 Å². The number of aliphatic hydroxyl groups excluding tert-OH is 1. The van der Waals surface area contributed by atoms with Crippen molar-refractivity contribution in [3.63, 3.8) is 0 Å². The number of aliphatic hydroxyl groups is 1. The highest BCUT2D eigenvalue weighted by molar-refractivity contribution is 9.10. The van der Waals surface area contributed by atoms with E-state index in [-0.39, 0.29) is 23.1 Å². The average molecular weight is 365 g/mol. The second kappa shape index (κ2) is 5.94. The average Bonchev–Trinajstić information content (AvgIpc) is 2.78. The summed E-state index contributed by atoms with van der Waals surface area (Å²) in [5.74, 6) is -3.08. The van der Waals surface area contributed by atoms with Gasteiger partial charge in [0.2, 0.25) is 0 Å². The molecule has 0 spiro atoms. The maximum Gasteiger partial charge on any atom is 0.326 e.